The normalized spacial score (nSPS) is 12.9. The molecule has 0 aliphatic heterocycles. The number of nitro benzene ring substituents is 1. The van der Waals surface area contributed by atoms with Gasteiger partial charge in [-0.3, -0.25) is 10.1 Å². The van der Waals surface area contributed by atoms with Crippen LogP contribution in [0.4, 0.5) is 10.1 Å². The van der Waals surface area contributed by atoms with Gasteiger partial charge in [0.1, 0.15) is 5.82 Å². The zero-order valence-electron chi connectivity index (χ0n) is 13.4. The van der Waals surface area contributed by atoms with Gasteiger partial charge in [-0.15, -0.1) is 0 Å². The summed E-state index contributed by atoms with van der Waals surface area (Å²) >= 11 is 0. The van der Waals surface area contributed by atoms with E-state index in [1.165, 1.54) is 31.4 Å². The number of allylic oxidation sites excluding steroid dienone is 1. The summed E-state index contributed by atoms with van der Waals surface area (Å²) < 4.78 is 24.1. The molecular formula is C18H18FNO4. The van der Waals surface area contributed by atoms with Crippen molar-refractivity contribution >= 4 is 11.3 Å². The third kappa shape index (κ3) is 4.47. The average molecular weight is 331 g/mol. The number of hydrogen-bond donors (Lipinski definition) is 0. The van der Waals surface area contributed by atoms with Gasteiger partial charge >= 0.3 is 0 Å². The summed E-state index contributed by atoms with van der Waals surface area (Å²) in [7, 11) is 1.47. The number of rotatable bonds is 7. The molecule has 0 radical (unpaired) electrons. The fraction of sp³-hybridized carbons (Fsp3) is 0.222. The largest absolute Gasteiger partial charge is 0.352 e. The summed E-state index contributed by atoms with van der Waals surface area (Å²) in [4.78, 5) is 10.4. The Morgan fingerprint density at radius 1 is 1.29 bits per heavy atom. The molecule has 0 heterocycles. The zero-order chi connectivity index (χ0) is 17.5. The first kappa shape index (κ1) is 17.8. The van der Waals surface area contributed by atoms with Gasteiger partial charge in [0, 0.05) is 24.8 Å². The number of ether oxygens (including phenoxy) is 2. The molecule has 0 fully saturated rings. The SMILES string of the molecule is C/C=C(\COC(OC)c1cccc([N+](=O)[O-])c1)c1ccc(F)cc1. The van der Waals surface area contributed by atoms with Crippen LogP contribution in [-0.2, 0) is 9.47 Å². The van der Waals surface area contributed by atoms with Gasteiger partial charge < -0.3 is 9.47 Å². The summed E-state index contributed by atoms with van der Waals surface area (Å²) in [5.41, 5.74) is 2.24. The van der Waals surface area contributed by atoms with Gasteiger partial charge in [-0.05, 0) is 30.2 Å². The van der Waals surface area contributed by atoms with Crippen molar-refractivity contribution in [1.82, 2.24) is 0 Å². The summed E-state index contributed by atoms with van der Waals surface area (Å²) in [6, 6.07) is 12.2. The minimum Gasteiger partial charge on any atom is -0.352 e. The van der Waals surface area contributed by atoms with Crippen LogP contribution >= 0.6 is 0 Å². The van der Waals surface area contributed by atoms with Crippen molar-refractivity contribution in [2.45, 2.75) is 13.2 Å². The van der Waals surface area contributed by atoms with E-state index in [1.807, 2.05) is 13.0 Å². The average Bonchev–Trinajstić information content (AvgIpc) is 2.60. The molecule has 0 spiro atoms. The number of hydrogen-bond acceptors (Lipinski definition) is 4. The quantitative estimate of drug-likeness (QED) is 0.426. The molecule has 0 bridgehead atoms. The molecule has 2 aromatic carbocycles. The van der Waals surface area contributed by atoms with Crippen LogP contribution in [0.15, 0.2) is 54.6 Å². The molecule has 126 valence electrons. The molecule has 2 rings (SSSR count). The van der Waals surface area contributed by atoms with Crippen molar-refractivity contribution in [3.8, 4) is 0 Å². The van der Waals surface area contributed by atoms with Crippen molar-refractivity contribution in [3.63, 3.8) is 0 Å². The maximum Gasteiger partial charge on any atom is 0.269 e. The molecule has 0 saturated heterocycles. The maximum absolute atomic E-state index is 13.0. The molecule has 6 heteroatoms. The van der Waals surface area contributed by atoms with Crippen molar-refractivity contribution < 1.29 is 18.8 Å². The lowest BCUT2D eigenvalue weighted by Gasteiger charge is -2.18. The molecule has 2 aromatic rings. The van der Waals surface area contributed by atoms with E-state index in [-0.39, 0.29) is 18.1 Å². The highest BCUT2D eigenvalue weighted by molar-refractivity contribution is 5.65. The topological polar surface area (TPSA) is 61.6 Å². The second-order valence-electron chi connectivity index (χ2n) is 5.05. The molecule has 24 heavy (non-hydrogen) atoms. The van der Waals surface area contributed by atoms with E-state index in [1.54, 1.807) is 24.3 Å². The van der Waals surface area contributed by atoms with Gasteiger partial charge in [0.15, 0.2) is 6.29 Å². The Hall–Kier alpha value is -2.57. The first-order valence-electron chi connectivity index (χ1n) is 7.35. The molecule has 5 nitrogen and oxygen atoms in total. The van der Waals surface area contributed by atoms with Crippen LogP contribution in [0.1, 0.15) is 24.3 Å². The number of nitrogens with zero attached hydrogens (tertiary/aromatic N) is 1. The number of methoxy groups -OCH3 is 1. The Kier molecular flexibility index (Phi) is 6.17. The Morgan fingerprint density at radius 2 is 2.00 bits per heavy atom. The lowest BCUT2D eigenvalue weighted by atomic mass is 10.1. The van der Waals surface area contributed by atoms with Gasteiger partial charge in [-0.2, -0.15) is 0 Å². The van der Waals surface area contributed by atoms with E-state index in [9.17, 15) is 14.5 Å². The van der Waals surface area contributed by atoms with Crippen molar-refractivity contribution in [3.05, 3.63) is 81.7 Å². The van der Waals surface area contributed by atoms with E-state index in [0.717, 1.165) is 11.1 Å². The van der Waals surface area contributed by atoms with Crippen LogP contribution in [0.5, 0.6) is 0 Å². The van der Waals surface area contributed by atoms with Crippen LogP contribution in [0, 0.1) is 15.9 Å². The lowest BCUT2D eigenvalue weighted by molar-refractivity contribution is -0.385. The summed E-state index contributed by atoms with van der Waals surface area (Å²) in [5.74, 6) is -0.304. The molecule has 0 saturated carbocycles. The summed E-state index contributed by atoms with van der Waals surface area (Å²) in [5, 5.41) is 10.9. The monoisotopic (exact) mass is 331 g/mol. The molecule has 0 amide bonds. The third-order valence-corrected chi connectivity index (χ3v) is 3.52. The van der Waals surface area contributed by atoms with Gasteiger partial charge in [-0.25, -0.2) is 4.39 Å². The fourth-order valence-corrected chi connectivity index (χ4v) is 2.25. The van der Waals surface area contributed by atoms with Crippen LogP contribution in [0.3, 0.4) is 0 Å². The Morgan fingerprint density at radius 3 is 2.58 bits per heavy atom. The van der Waals surface area contributed by atoms with Crippen LogP contribution < -0.4 is 0 Å². The van der Waals surface area contributed by atoms with Crippen molar-refractivity contribution in [2.75, 3.05) is 13.7 Å². The summed E-state index contributed by atoms with van der Waals surface area (Å²) in [6.45, 7) is 2.08. The number of benzene rings is 2. The van der Waals surface area contributed by atoms with Gasteiger partial charge in [0.25, 0.3) is 5.69 Å². The maximum atomic E-state index is 13.0. The first-order chi connectivity index (χ1) is 11.5. The highest BCUT2D eigenvalue weighted by Crippen LogP contribution is 2.25. The van der Waals surface area contributed by atoms with Gasteiger partial charge in [0.2, 0.25) is 0 Å². The second kappa shape index (κ2) is 8.33. The Bertz CT molecular complexity index is 728. The zero-order valence-corrected chi connectivity index (χ0v) is 13.4. The predicted octanol–water partition coefficient (Wildman–Crippen LogP) is 4.50. The minimum atomic E-state index is -0.736. The highest BCUT2D eigenvalue weighted by Gasteiger charge is 2.15. The summed E-state index contributed by atoms with van der Waals surface area (Å²) in [6.07, 6.45) is 1.13. The molecule has 0 N–H and O–H groups in total. The van der Waals surface area contributed by atoms with E-state index >= 15 is 0 Å². The predicted molar refractivity (Wildman–Crippen MR) is 88.8 cm³/mol. The number of non-ortho nitro benzene ring substituents is 1. The number of nitro groups is 1. The molecule has 0 aliphatic carbocycles. The standard InChI is InChI=1S/C18H18FNO4/c1-3-13(14-7-9-16(19)10-8-14)12-24-18(23-2)15-5-4-6-17(11-15)20(21)22/h3-11,18H,12H2,1-2H3/b13-3+. The lowest BCUT2D eigenvalue weighted by Crippen LogP contribution is -2.09. The van der Waals surface area contributed by atoms with Crippen LogP contribution in [0.25, 0.3) is 5.57 Å². The fourth-order valence-electron chi connectivity index (χ4n) is 2.25. The molecule has 0 aromatic heterocycles. The van der Waals surface area contributed by atoms with Gasteiger partial charge in [0.05, 0.1) is 11.5 Å². The molecule has 0 aliphatic rings. The van der Waals surface area contributed by atoms with Crippen LogP contribution in [0.2, 0.25) is 0 Å². The minimum absolute atomic E-state index is 0.0251. The van der Waals surface area contributed by atoms with E-state index in [4.69, 9.17) is 9.47 Å². The smallest absolute Gasteiger partial charge is 0.269 e. The highest BCUT2D eigenvalue weighted by atomic mass is 19.1. The Labute approximate surface area is 139 Å². The molecule has 1 atom stereocenters. The molecule has 1 unspecified atom stereocenters. The van der Waals surface area contributed by atoms with E-state index < -0.39 is 11.2 Å². The van der Waals surface area contributed by atoms with Crippen LogP contribution in [-0.4, -0.2) is 18.6 Å². The Balaban J connectivity index is 2.11. The van der Waals surface area contributed by atoms with E-state index in [0.29, 0.717) is 5.56 Å². The van der Waals surface area contributed by atoms with Gasteiger partial charge in [-0.1, -0.05) is 30.3 Å². The number of halogens is 1. The van der Waals surface area contributed by atoms with E-state index in [2.05, 4.69) is 0 Å². The van der Waals surface area contributed by atoms with Crippen molar-refractivity contribution in [2.24, 2.45) is 0 Å². The van der Waals surface area contributed by atoms with Crippen molar-refractivity contribution in [1.29, 1.82) is 0 Å². The first-order valence-corrected chi connectivity index (χ1v) is 7.35. The third-order valence-electron chi connectivity index (χ3n) is 3.52. The second-order valence-corrected chi connectivity index (χ2v) is 5.05. The molecular weight excluding hydrogens is 313 g/mol.